The molecular formula is C23H25N3O. The summed E-state index contributed by atoms with van der Waals surface area (Å²) in [6.45, 7) is 7.02. The molecule has 138 valence electrons. The van der Waals surface area contributed by atoms with Crippen LogP contribution in [0.5, 0.6) is 0 Å². The molecule has 1 heterocycles. The first-order valence-corrected chi connectivity index (χ1v) is 9.06. The molecule has 1 amide bonds. The third-order valence-electron chi connectivity index (χ3n) is 4.43. The van der Waals surface area contributed by atoms with Crippen molar-refractivity contribution in [1.82, 2.24) is 14.9 Å². The van der Waals surface area contributed by atoms with Crippen LogP contribution in [0, 0.1) is 0 Å². The van der Waals surface area contributed by atoms with Gasteiger partial charge in [0.05, 0.1) is 12.0 Å². The Bertz CT molecular complexity index is 917. The predicted molar refractivity (Wildman–Crippen MR) is 110 cm³/mol. The Kier molecular flexibility index (Phi) is 5.55. The molecule has 0 radical (unpaired) electrons. The molecule has 0 saturated heterocycles. The van der Waals surface area contributed by atoms with E-state index < -0.39 is 0 Å². The number of nitrogens with zero attached hydrogens (tertiary/aromatic N) is 2. The van der Waals surface area contributed by atoms with E-state index >= 15 is 0 Å². The van der Waals surface area contributed by atoms with Gasteiger partial charge >= 0.3 is 0 Å². The van der Waals surface area contributed by atoms with Crippen molar-refractivity contribution < 1.29 is 4.79 Å². The van der Waals surface area contributed by atoms with Crippen LogP contribution >= 0.6 is 0 Å². The molecule has 1 aromatic heterocycles. The van der Waals surface area contributed by atoms with Crippen molar-refractivity contribution in [3.63, 3.8) is 0 Å². The summed E-state index contributed by atoms with van der Waals surface area (Å²) in [5, 5.41) is 2.95. The zero-order chi connectivity index (χ0) is 19.3. The van der Waals surface area contributed by atoms with Crippen LogP contribution in [0.15, 0.2) is 73.3 Å². The maximum absolute atomic E-state index is 12.2. The fourth-order valence-corrected chi connectivity index (χ4v) is 2.82. The average Bonchev–Trinajstić information content (AvgIpc) is 3.19. The van der Waals surface area contributed by atoms with E-state index in [1.807, 2.05) is 53.2 Å². The van der Waals surface area contributed by atoms with Gasteiger partial charge in [0.1, 0.15) is 0 Å². The third kappa shape index (κ3) is 4.94. The van der Waals surface area contributed by atoms with Crippen molar-refractivity contribution in [3.8, 4) is 5.69 Å². The molecule has 0 saturated carbocycles. The minimum atomic E-state index is -0.115. The smallest absolute Gasteiger partial charge is 0.244 e. The number of rotatable bonds is 5. The van der Waals surface area contributed by atoms with Crippen molar-refractivity contribution in [2.75, 3.05) is 0 Å². The van der Waals surface area contributed by atoms with E-state index in [0.29, 0.717) is 6.54 Å². The summed E-state index contributed by atoms with van der Waals surface area (Å²) in [7, 11) is 0. The number of carbonyl (C=O) groups is 1. The van der Waals surface area contributed by atoms with Gasteiger partial charge in [-0.1, -0.05) is 63.2 Å². The van der Waals surface area contributed by atoms with Gasteiger partial charge in [-0.3, -0.25) is 4.79 Å². The second-order valence-electron chi connectivity index (χ2n) is 7.52. The summed E-state index contributed by atoms with van der Waals surface area (Å²) < 4.78 is 1.94. The first-order chi connectivity index (χ1) is 12.9. The standard InChI is InChI=1S/C23H25N3O/c1-23(2,3)20-11-8-18(9-12-20)10-13-22(27)25-16-19-6-4-5-7-21(19)26-15-14-24-17-26/h4-15,17H,16H2,1-3H3,(H,25,27)/b13-10+. The van der Waals surface area contributed by atoms with Crippen molar-refractivity contribution in [2.24, 2.45) is 0 Å². The van der Waals surface area contributed by atoms with Crippen molar-refractivity contribution in [1.29, 1.82) is 0 Å². The van der Waals surface area contributed by atoms with Gasteiger partial charge in [0.2, 0.25) is 5.91 Å². The number of hydrogen-bond donors (Lipinski definition) is 1. The summed E-state index contributed by atoms with van der Waals surface area (Å²) in [6, 6.07) is 16.3. The number of benzene rings is 2. The fourth-order valence-electron chi connectivity index (χ4n) is 2.82. The Hall–Kier alpha value is -3.14. The lowest BCUT2D eigenvalue weighted by atomic mass is 9.87. The number of aromatic nitrogens is 2. The summed E-state index contributed by atoms with van der Waals surface area (Å²) in [5.74, 6) is -0.115. The Morgan fingerprint density at radius 2 is 1.85 bits per heavy atom. The molecule has 0 unspecified atom stereocenters. The molecule has 3 aromatic rings. The summed E-state index contributed by atoms with van der Waals surface area (Å²) in [4.78, 5) is 16.3. The van der Waals surface area contributed by atoms with Crippen molar-refractivity contribution >= 4 is 12.0 Å². The largest absolute Gasteiger partial charge is 0.348 e. The number of amides is 1. The van der Waals surface area contributed by atoms with Gasteiger partial charge in [-0.25, -0.2) is 4.98 Å². The van der Waals surface area contributed by atoms with Crippen LogP contribution in [0.2, 0.25) is 0 Å². The highest BCUT2D eigenvalue weighted by Gasteiger charge is 2.12. The highest BCUT2D eigenvalue weighted by Crippen LogP contribution is 2.22. The highest BCUT2D eigenvalue weighted by atomic mass is 16.1. The Labute approximate surface area is 160 Å². The molecule has 2 aromatic carbocycles. The Morgan fingerprint density at radius 1 is 1.11 bits per heavy atom. The van der Waals surface area contributed by atoms with Crippen LogP contribution in [0.25, 0.3) is 11.8 Å². The molecule has 0 aliphatic carbocycles. The van der Waals surface area contributed by atoms with Crippen LogP contribution in [-0.2, 0) is 16.8 Å². The van der Waals surface area contributed by atoms with E-state index in [0.717, 1.165) is 16.8 Å². The molecule has 4 nitrogen and oxygen atoms in total. The lowest BCUT2D eigenvalue weighted by Gasteiger charge is -2.18. The first kappa shape index (κ1) is 18.6. The summed E-state index contributed by atoms with van der Waals surface area (Å²) in [5.41, 5.74) is 4.46. The van der Waals surface area contributed by atoms with Crippen LogP contribution in [0.3, 0.4) is 0 Å². The summed E-state index contributed by atoms with van der Waals surface area (Å²) >= 11 is 0. The van der Waals surface area contributed by atoms with Crippen molar-refractivity contribution in [2.45, 2.75) is 32.7 Å². The van der Waals surface area contributed by atoms with Gasteiger partial charge < -0.3 is 9.88 Å². The van der Waals surface area contributed by atoms with E-state index in [-0.39, 0.29) is 11.3 Å². The molecule has 3 rings (SSSR count). The predicted octanol–water partition coefficient (Wildman–Crippen LogP) is 4.50. The average molecular weight is 359 g/mol. The third-order valence-corrected chi connectivity index (χ3v) is 4.43. The number of para-hydroxylation sites is 1. The quantitative estimate of drug-likeness (QED) is 0.682. The van der Waals surface area contributed by atoms with E-state index in [1.165, 1.54) is 5.56 Å². The molecule has 0 aliphatic heterocycles. The molecule has 0 atom stereocenters. The Balaban J connectivity index is 1.61. The maximum Gasteiger partial charge on any atom is 0.244 e. The molecule has 0 bridgehead atoms. The molecule has 0 fully saturated rings. The van der Waals surface area contributed by atoms with E-state index in [9.17, 15) is 4.79 Å². The van der Waals surface area contributed by atoms with E-state index in [4.69, 9.17) is 0 Å². The summed E-state index contributed by atoms with van der Waals surface area (Å²) in [6.07, 6.45) is 8.79. The highest BCUT2D eigenvalue weighted by molar-refractivity contribution is 5.91. The minimum Gasteiger partial charge on any atom is -0.348 e. The van der Waals surface area contributed by atoms with Gasteiger partial charge in [0, 0.05) is 25.0 Å². The molecule has 27 heavy (non-hydrogen) atoms. The number of imidazole rings is 1. The molecule has 0 aliphatic rings. The molecule has 1 N–H and O–H groups in total. The molecule has 4 heteroatoms. The Morgan fingerprint density at radius 3 is 2.52 bits per heavy atom. The van der Waals surface area contributed by atoms with Crippen LogP contribution < -0.4 is 5.32 Å². The second kappa shape index (κ2) is 8.04. The van der Waals surface area contributed by atoms with Crippen LogP contribution in [0.4, 0.5) is 0 Å². The van der Waals surface area contributed by atoms with E-state index in [1.54, 1.807) is 18.6 Å². The first-order valence-electron chi connectivity index (χ1n) is 9.06. The maximum atomic E-state index is 12.2. The fraction of sp³-hybridized carbons (Fsp3) is 0.217. The van der Waals surface area contributed by atoms with E-state index in [2.05, 4.69) is 43.2 Å². The zero-order valence-electron chi connectivity index (χ0n) is 16.0. The minimum absolute atomic E-state index is 0.115. The number of nitrogens with one attached hydrogen (secondary N) is 1. The number of carbonyl (C=O) groups excluding carboxylic acids is 1. The van der Waals surface area contributed by atoms with Crippen LogP contribution in [0.1, 0.15) is 37.5 Å². The van der Waals surface area contributed by atoms with Crippen LogP contribution in [-0.4, -0.2) is 15.5 Å². The normalized spacial score (nSPS) is 11.7. The van der Waals surface area contributed by atoms with Gasteiger partial charge in [0.25, 0.3) is 0 Å². The lowest BCUT2D eigenvalue weighted by molar-refractivity contribution is -0.116. The second-order valence-corrected chi connectivity index (χ2v) is 7.52. The lowest BCUT2D eigenvalue weighted by Crippen LogP contribution is -2.21. The van der Waals surface area contributed by atoms with Gasteiger partial charge in [-0.05, 0) is 34.2 Å². The van der Waals surface area contributed by atoms with Gasteiger partial charge in [0.15, 0.2) is 0 Å². The number of hydrogen-bond acceptors (Lipinski definition) is 2. The van der Waals surface area contributed by atoms with Gasteiger partial charge in [-0.2, -0.15) is 0 Å². The molecule has 0 spiro atoms. The topological polar surface area (TPSA) is 46.9 Å². The monoisotopic (exact) mass is 359 g/mol. The SMILES string of the molecule is CC(C)(C)c1ccc(/C=C/C(=O)NCc2ccccc2-n2ccnc2)cc1. The zero-order valence-corrected chi connectivity index (χ0v) is 16.0. The molecular weight excluding hydrogens is 334 g/mol. The van der Waals surface area contributed by atoms with Gasteiger partial charge in [-0.15, -0.1) is 0 Å². The van der Waals surface area contributed by atoms with Crippen molar-refractivity contribution in [3.05, 3.63) is 90.0 Å².